The molecule has 0 aliphatic carbocycles. The summed E-state index contributed by atoms with van der Waals surface area (Å²) < 4.78 is 27.4. The first kappa shape index (κ1) is 17.9. The van der Waals surface area contributed by atoms with Gasteiger partial charge < -0.3 is 5.32 Å². The molecule has 0 amide bonds. The Balaban J connectivity index is 1.64. The minimum absolute atomic E-state index is 0.235. The van der Waals surface area contributed by atoms with Gasteiger partial charge in [-0.15, -0.1) is 0 Å². The molecular formula is C20H21N3O2S. The standard InChI is InChI=1S/C20H21N3O2S/c1-15-6-8-17(9-7-15)13-21-20-11-10-18(14-22-20)23-26(24,25)19-5-3-4-16(2)12-19/h3-12,14,23H,13H2,1-2H3,(H,21,22). The van der Waals surface area contributed by atoms with Gasteiger partial charge in [0.2, 0.25) is 0 Å². The van der Waals surface area contributed by atoms with E-state index in [1.807, 2.05) is 13.0 Å². The van der Waals surface area contributed by atoms with Crippen molar-refractivity contribution < 1.29 is 8.42 Å². The van der Waals surface area contributed by atoms with Crippen molar-refractivity contribution in [3.8, 4) is 0 Å². The molecule has 5 nitrogen and oxygen atoms in total. The zero-order chi connectivity index (χ0) is 18.6. The van der Waals surface area contributed by atoms with E-state index in [4.69, 9.17) is 0 Å². The molecule has 0 aliphatic heterocycles. The highest BCUT2D eigenvalue weighted by atomic mass is 32.2. The predicted molar refractivity (Wildman–Crippen MR) is 105 cm³/mol. The fraction of sp³-hybridized carbons (Fsp3) is 0.150. The Kier molecular flexibility index (Phi) is 5.23. The summed E-state index contributed by atoms with van der Waals surface area (Å²) >= 11 is 0. The SMILES string of the molecule is Cc1ccc(CNc2ccc(NS(=O)(=O)c3cccc(C)c3)cn2)cc1. The van der Waals surface area contributed by atoms with E-state index >= 15 is 0 Å². The lowest BCUT2D eigenvalue weighted by molar-refractivity contribution is 0.601. The molecule has 0 unspecified atom stereocenters. The second-order valence-electron chi connectivity index (χ2n) is 6.19. The second-order valence-corrected chi connectivity index (χ2v) is 7.88. The number of benzene rings is 2. The minimum Gasteiger partial charge on any atom is -0.366 e. The van der Waals surface area contributed by atoms with Crippen molar-refractivity contribution in [2.24, 2.45) is 0 Å². The number of nitrogens with one attached hydrogen (secondary N) is 2. The molecule has 2 aromatic carbocycles. The molecule has 3 rings (SSSR count). The van der Waals surface area contributed by atoms with Crippen molar-refractivity contribution in [3.05, 3.63) is 83.6 Å². The Labute approximate surface area is 154 Å². The molecule has 26 heavy (non-hydrogen) atoms. The van der Waals surface area contributed by atoms with Crippen LogP contribution in [0.5, 0.6) is 0 Å². The zero-order valence-corrected chi connectivity index (χ0v) is 15.5. The third kappa shape index (κ3) is 4.61. The second kappa shape index (κ2) is 7.58. The Bertz CT molecular complexity index is 982. The van der Waals surface area contributed by atoms with Gasteiger partial charge in [0.15, 0.2) is 0 Å². The van der Waals surface area contributed by atoms with Crippen LogP contribution in [0.2, 0.25) is 0 Å². The maximum Gasteiger partial charge on any atom is 0.261 e. The van der Waals surface area contributed by atoms with Gasteiger partial charge in [0.25, 0.3) is 10.0 Å². The Morgan fingerprint density at radius 1 is 0.923 bits per heavy atom. The largest absolute Gasteiger partial charge is 0.366 e. The van der Waals surface area contributed by atoms with Crippen LogP contribution in [0, 0.1) is 13.8 Å². The molecule has 3 aromatic rings. The van der Waals surface area contributed by atoms with Crippen LogP contribution >= 0.6 is 0 Å². The first-order chi connectivity index (χ1) is 12.4. The summed E-state index contributed by atoms with van der Waals surface area (Å²) in [5.41, 5.74) is 3.69. The molecule has 0 spiro atoms. The zero-order valence-electron chi connectivity index (χ0n) is 14.7. The molecule has 0 saturated heterocycles. The molecule has 6 heteroatoms. The van der Waals surface area contributed by atoms with Gasteiger partial charge in [-0.1, -0.05) is 42.0 Å². The van der Waals surface area contributed by atoms with Gasteiger partial charge in [0.1, 0.15) is 5.82 Å². The van der Waals surface area contributed by atoms with Gasteiger partial charge in [-0.25, -0.2) is 13.4 Å². The van der Waals surface area contributed by atoms with Crippen molar-refractivity contribution >= 4 is 21.5 Å². The van der Waals surface area contributed by atoms with E-state index in [2.05, 4.69) is 46.2 Å². The van der Waals surface area contributed by atoms with Crippen molar-refractivity contribution in [1.82, 2.24) is 4.98 Å². The summed E-state index contributed by atoms with van der Waals surface area (Å²) in [6.07, 6.45) is 1.50. The summed E-state index contributed by atoms with van der Waals surface area (Å²) in [4.78, 5) is 4.50. The van der Waals surface area contributed by atoms with Crippen LogP contribution in [-0.4, -0.2) is 13.4 Å². The number of hydrogen-bond acceptors (Lipinski definition) is 4. The average molecular weight is 367 g/mol. The number of aromatic nitrogens is 1. The van der Waals surface area contributed by atoms with Crippen molar-refractivity contribution in [1.29, 1.82) is 0 Å². The smallest absolute Gasteiger partial charge is 0.261 e. The van der Waals surface area contributed by atoms with E-state index in [1.165, 1.54) is 11.8 Å². The van der Waals surface area contributed by atoms with Crippen LogP contribution in [-0.2, 0) is 16.6 Å². The summed E-state index contributed by atoms with van der Waals surface area (Å²) in [6, 6.07) is 18.5. The normalized spacial score (nSPS) is 11.2. The van der Waals surface area contributed by atoms with Crippen molar-refractivity contribution in [2.75, 3.05) is 10.0 Å². The number of sulfonamides is 1. The Morgan fingerprint density at radius 3 is 2.35 bits per heavy atom. The highest BCUT2D eigenvalue weighted by Crippen LogP contribution is 2.18. The lowest BCUT2D eigenvalue weighted by atomic mass is 10.1. The molecular weight excluding hydrogens is 346 g/mol. The summed E-state index contributed by atoms with van der Waals surface area (Å²) in [5.74, 6) is 0.684. The van der Waals surface area contributed by atoms with Crippen molar-refractivity contribution in [3.63, 3.8) is 0 Å². The number of pyridine rings is 1. The van der Waals surface area contributed by atoms with Crippen LogP contribution in [0.3, 0.4) is 0 Å². The quantitative estimate of drug-likeness (QED) is 0.688. The summed E-state index contributed by atoms with van der Waals surface area (Å²) in [5, 5.41) is 3.22. The maximum atomic E-state index is 12.4. The number of hydrogen-bond donors (Lipinski definition) is 2. The highest BCUT2D eigenvalue weighted by Gasteiger charge is 2.14. The Morgan fingerprint density at radius 2 is 1.69 bits per heavy atom. The van der Waals surface area contributed by atoms with Crippen molar-refractivity contribution in [2.45, 2.75) is 25.3 Å². The molecule has 1 aromatic heterocycles. The maximum absolute atomic E-state index is 12.4. The fourth-order valence-electron chi connectivity index (χ4n) is 2.45. The number of nitrogens with zero attached hydrogens (tertiary/aromatic N) is 1. The molecule has 134 valence electrons. The van der Waals surface area contributed by atoms with E-state index in [9.17, 15) is 8.42 Å². The first-order valence-electron chi connectivity index (χ1n) is 8.27. The molecule has 0 saturated carbocycles. The first-order valence-corrected chi connectivity index (χ1v) is 9.76. The lowest BCUT2D eigenvalue weighted by Crippen LogP contribution is -2.13. The summed E-state index contributed by atoms with van der Waals surface area (Å²) in [7, 11) is -3.62. The van der Waals surface area contributed by atoms with Crippen LogP contribution in [0.4, 0.5) is 11.5 Å². The number of aryl methyl sites for hydroxylation is 2. The molecule has 0 bridgehead atoms. The van der Waals surface area contributed by atoms with Gasteiger partial charge in [-0.3, -0.25) is 4.72 Å². The van der Waals surface area contributed by atoms with E-state index in [0.29, 0.717) is 18.1 Å². The van der Waals surface area contributed by atoms with Gasteiger partial charge >= 0.3 is 0 Å². The molecule has 0 atom stereocenters. The predicted octanol–water partition coefficient (Wildman–Crippen LogP) is 4.11. The van der Waals surface area contributed by atoms with Gasteiger partial charge in [0, 0.05) is 6.54 Å². The molecule has 1 heterocycles. The topological polar surface area (TPSA) is 71.1 Å². The van der Waals surface area contributed by atoms with E-state index in [0.717, 1.165) is 11.1 Å². The molecule has 0 fully saturated rings. The minimum atomic E-state index is -3.62. The van der Waals surface area contributed by atoms with E-state index < -0.39 is 10.0 Å². The fourth-order valence-corrected chi connectivity index (χ4v) is 3.60. The highest BCUT2D eigenvalue weighted by molar-refractivity contribution is 7.92. The Hall–Kier alpha value is -2.86. The third-order valence-electron chi connectivity index (χ3n) is 3.91. The monoisotopic (exact) mass is 367 g/mol. The van der Waals surface area contributed by atoms with Crippen LogP contribution < -0.4 is 10.0 Å². The van der Waals surface area contributed by atoms with Gasteiger partial charge in [-0.2, -0.15) is 0 Å². The van der Waals surface area contributed by atoms with Gasteiger partial charge in [0.05, 0.1) is 16.8 Å². The number of anilines is 2. The van der Waals surface area contributed by atoms with Crippen LogP contribution in [0.1, 0.15) is 16.7 Å². The number of rotatable bonds is 6. The van der Waals surface area contributed by atoms with E-state index in [1.54, 1.807) is 30.3 Å². The lowest BCUT2D eigenvalue weighted by Gasteiger charge is -2.10. The average Bonchev–Trinajstić information content (AvgIpc) is 2.62. The van der Waals surface area contributed by atoms with Crippen LogP contribution in [0.15, 0.2) is 71.8 Å². The van der Waals surface area contributed by atoms with Crippen LogP contribution in [0.25, 0.3) is 0 Å². The molecule has 0 aliphatic rings. The molecule has 0 radical (unpaired) electrons. The summed E-state index contributed by atoms with van der Waals surface area (Å²) in [6.45, 7) is 4.56. The molecule has 2 N–H and O–H groups in total. The third-order valence-corrected chi connectivity index (χ3v) is 5.29. The van der Waals surface area contributed by atoms with E-state index in [-0.39, 0.29) is 4.90 Å². The van der Waals surface area contributed by atoms with Gasteiger partial charge in [-0.05, 0) is 49.2 Å².